The summed E-state index contributed by atoms with van der Waals surface area (Å²) in [5.41, 5.74) is 2.59. The fourth-order valence-electron chi connectivity index (χ4n) is 4.42. The van der Waals surface area contributed by atoms with Crippen LogP contribution in [-0.4, -0.2) is 47.4 Å². The second-order valence-electron chi connectivity index (χ2n) is 8.34. The van der Waals surface area contributed by atoms with Crippen LogP contribution in [0.15, 0.2) is 58.8 Å². The van der Waals surface area contributed by atoms with Crippen molar-refractivity contribution in [3.05, 3.63) is 71.5 Å². The molecule has 3 heterocycles. The average molecular weight is 464 g/mol. The van der Waals surface area contributed by atoms with Crippen LogP contribution in [0.25, 0.3) is 17.0 Å². The van der Waals surface area contributed by atoms with Crippen molar-refractivity contribution in [1.29, 1.82) is 0 Å². The first-order valence-corrected chi connectivity index (χ1v) is 11.2. The molecule has 9 heteroatoms. The first-order valence-electron chi connectivity index (χ1n) is 11.2. The molecule has 1 aromatic heterocycles. The fraction of sp³-hybridized carbons (Fsp3) is 0.320. The molecule has 176 valence electrons. The minimum absolute atomic E-state index is 0.0392. The third-order valence-electron chi connectivity index (χ3n) is 6.17. The fourth-order valence-corrected chi connectivity index (χ4v) is 4.42. The van der Waals surface area contributed by atoms with Gasteiger partial charge < -0.3 is 19.3 Å². The van der Waals surface area contributed by atoms with Gasteiger partial charge in [0.05, 0.1) is 31.4 Å². The lowest BCUT2D eigenvalue weighted by molar-refractivity contribution is 0.0877. The second kappa shape index (κ2) is 9.26. The van der Waals surface area contributed by atoms with Crippen LogP contribution in [0, 0.1) is 5.82 Å². The lowest BCUT2D eigenvalue weighted by Gasteiger charge is -2.36. The number of amides is 2. The van der Waals surface area contributed by atoms with Crippen molar-refractivity contribution >= 4 is 11.6 Å². The summed E-state index contributed by atoms with van der Waals surface area (Å²) in [5, 5.41) is 7.15. The third-order valence-corrected chi connectivity index (χ3v) is 6.17. The van der Waals surface area contributed by atoms with E-state index in [1.807, 2.05) is 31.2 Å². The van der Waals surface area contributed by atoms with Gasteiger partial charge in [0.25, 0.3) is 5.89 Å². The molecule has 2 unspecified atom stereocenters. The number of allylic oxidation sites excluding steroid dienone is 1. The van der Waals surface area contributed by atoms with Crippen molar-refractivity contribution in [3.8, 4) is 17.1 Å². The Hall–Kier alpha value is -3.72. The number of urea groups is 1. The zero-order valence-corrected chi connectivity index (χ0v) is 19.0. The molecule has 2 aliphatic rings. The van der Waals surface area contributed by atoms with E-state index in [-0.39, 0.29) is 18.0 Å². The van der Waals surface area contributed by atoms with Crippen molar-refractivity contribution < 1.29 is 23.2 Å². The number of aromatic nitrogens is 2. The van der Waals surface area contributed by atoms with Crippen molar-refractivity contribution in [3.63, 3.8) is 0 Å². The molecule has 2 amide bonds. The molecule has 0 radical (unpaired) electrons. The molecule has 2 aromatic carbocycles. The van der Waals surface area contributed by atoms with Gasteiger partial charge in [-0.05, 0) is 49.6 Å². The molecule has 0 bridgehead atoms. The van der Waals surface area contributed by atoms with Crippen LogP contribution < -0.4 is 10.1 Å². The Balaban J connectivity index is 1.57. The van der Waals surface area contributed by atoms with Crippen LogP contribution in [0.5, 0.6) is 5.75 Å². The Labute approximate surface area is 196 Å². The van der Waals surface area contributed by atoms with Crippen LogP contribution in [0.4, 0.5) is 9.18 Å². The molecule has 2 aliphatic heterocycles. The van der Waals surface area contributed by atoms with Gasteiger partial charge in [0.2, 0.25) is 5.82 Å². The highest BCUT2D eigenvalue weighted by atomic mass is 19.1. The molecule has 0 saturated carbocycles. The van der Waals surface area contributed by atoms with Crippen LogP contribution in [0.3, 0.4) is 0 Å². The quantitative estimate of drug-likeness (QED) is 0.575. The normalized spacial score (nSPS) is 20.6. The summed E-state index contributed by atoms with van der Waals surface area (Å²) in [7, 11) is 1.59. The van der Waals surface area contributed by atoms with E-state index in [9.17, 15) is 9.18 Å². The number of benzene rings is 2. The van der Waals surface area contributed by atoms with Gasteiger partial charge in [-0.25, -0.2) is 9.18 Å². The zero-order chi connectivity index (χ0) is 23.7. The topological polar surface area (TPSA) is 89.7 Å². The second-order valence-corrected chi connectivity index (χ2v) is 8.34. The van der Waals surface area contributed by atoms with Gasteiger partial charge in [-0.15, -0.1) is 0 Å². The highest BCUT2D eigenvalue weighted by Crippen LogP contribution is 2.38. The van der Waals surface area contributed by atoms with E-state index in [0.29, 0.717) is 41.6 Å². The number of carbonyl (C=O) groups excluding carboxylic acids is 1. The molecule has 1 saturated heterocycles. The molecular formula is C25H25FN4O4. The SMILES string of the molecule is COc1cccc(-c2noc(C3=C(C)N(CC4CCCO4)C(=O)NC3c3cccc(F)c3)n2)c1. The number of nitrogens with zero attached hydrogens (tertiary/aromatic N) is 3. The van der Waals surface area contributed by atoms with Gasteiger partial charge in [0.1, 0.15) is 11.6 Å². The number of hydrogen-bond donors (Lipinski definition) is 1. The van der Waals surface area contributed by atoms with Gasteiger partial charge in [-0.3, -0.25) is 4.90 Å². The molecule has 0 spiro atoms. The molecular weight excluding hydrogens is 439 g/mol. The molecule has 3 aromatic rings. The highest BCUT2D eigenvalue weighted by molar-refractivity contribution is 5.87. The summed E-state index contributed by atoms with van der Waals surface area (Å²) < 4.78 is 30.8. The lowest BCUT2D eigenvalue weighted by atomic mass is 9.94. The number of hydrogen-bond acceptors (Lipinski definition) is 6. The Morgan fingerprint density at radius 3 is 2.85 bits per heavy atom. The predicted molar refractivity (Wildman–Crippen MR) is 122 cm³/mol. The summed E-state index contributed by atoms with van der Waals surface area (Å²) >= 11 is 0. The van der Waals surface area contributed by atoms with Crippen LogP contribution in [0.1, 0.15) is 37.3 Å². The highest BCUT2D eigenvalue weighted by Gasteiger charge is 2.37. The number of halogens is 1. The maximum absolute atomic E-state index is 14.1. The Kier molecular flexibility index (Phi) is 6.02. The molecule has 1 N–H and O–H groups in total. The number of rotatable bonds is 6. The van der Waals surface area contributed by atoms with Crippen molar-refractivity contribution in [1.82, 2.24) is 20.4 Å². The molecule has 2 atom stereocenters. The van der Waals surface area contributed by atoms with Crippen LogP contribution in [-0.2, 0) is 4.74 Å². The van der Waals surface area contributed by atoms with E-state index in [1.165, 1.54) is 12.1 Å². The minimum atomic E-state index is -0.650. The predicted octanol–water partition coefficient (Wildman–Crippen LogP) is 4.56. The molecule has 1 fully saturated rings. The van der Waals surface area contributed by atoms with E-state index in [1.54, 1.807) is 24.1 Å². The zero-order valence-electron chi connectivity index (χ0n) is 19.0. The van der Waals surface area contributed by atoms with E-state index in [0.717, 1.165) is 18.4 Å². The van der Waals surface area contributed by atoms with Crippen molar-refractivity contribution in [2.45, 2.75) is 31.9 Å². The van der Waals surface area contributed by atoms with Gasteiger partial charge in [-0.1, -0.05) is 29.4 Å². The first-order chi connectivity index (χ1) is 16.5. The maximum Gasteiger partial charge on any atom is 0.322 e. The molecule has 34 heavy (non-hydrogen) atoms. The minimum Gasteiger partial charge on any atom is -0.497 e. The number of ether oxygens (including phenoxy) is 2. The number of methoxy groups -OCH3 is 1. The van der Waals surface area contributed by atoms with E-state index >= 15 is 0 Å². The first kappa shape index (κ1) is 22.1. The lowest BCUT2D eigenvalue weighted by Crippen LogP contribution is -2.48. The smallest absolute Gasteiger partial charge is 0.322 e. The summed E-state index contributed by atoms with van der Waals surface area (Å²) in [5.74, 6) is 0.911. The van der Waals surface area contributed by atoms with Gasteiger partial charge in [-0.2, -0.15) is 4.98 Å². The van der Waals surface area contributed by atoms with Crippen LogP contribution in [0.2, 0.25) is 0 Å². The average Bonchev–Trinajstić information content (AvgIpc) is 3.54. The number of carbonyl (C=O) groups is 1. The van der Waals surface area contributed by atoms with E-state index < -0.39 is 11.9 Å². The van der Waals surface area contributed by atoms with E-state index in [2.05, 4.69) is 15.5 Å². The largest absolute Gasteiger partial charge is 0.497 e. The Morgan fingerprint density at radius 2 is 2.09 bits per heavy atom. The molecule has 5 rings (SSSR count). The third kappa shape index (κ3) is 4.26. The van der Waals surface area contributed by atoms with E-state index in [4.69, 9.17) is 14.0 Å². The van der Waals surface area contributed by atoms with Gasteiger partial charge in [0, 0.05) is 17.9 Å². The van der Waals surface area contributed by atoms with Gasteiger partial charge >= 0.3 is 6.03 Å². The number of nitrogens with one attached hydrogen (secondary N) is 1. The summed E-state index contributed by atoms with van der Waals surface area (Å²) in [4.78, 5) is 19.3. The van der Waals surface area contributed by atoms with Crippen LogP contribution >= 0.6 is 0 Å². The Bertz CT molecular complexity index is 1230. The van der Waals surface area contributed by atoms with Crippen molar-refractivity contribution in [2.24, 2.45) is 0 Å². The monoisotopic (exact) mass is 464 g/mol. The Morgan fingerprint density at radius 1 is 1.24 bits per heavy atom. The van der Waals surface area contributed by atoms with Crippen molar-refractivity contribution in [2.75, 3.05) is 20.3 Å². The maximum atomic E-state index is 14.1. The molecule has 0 aliphatic carbocycles. The molecule has 8 nitrogen and oxygen atoms in total. The standard InChI is InChI=1S/C25H25FN4O4/c1-15-21(24-28-23(29-34-24)17-7-4-9-19(13-17)32-2)22(16-6-3-8-18(26)12-16)27-25(31)30(15)14-20-10-5-11-33-20/h3-4,6-9,12-13,20,22H,5,10-11,14H2,1-2H3,(H,27,31). The van der Waals surface area contributed by atoms with Gasteiger partial charge in [0.15, 0.2) is 0 Å². The summed E-state index contributed by atoms with van der Waals surface area (Å²) in [6.07, 6.45) is 1.82. The summed E-state index contributed by atoms with van der Waals surface area (Å²) in [6, 6.07) is 12.5. The summed E-state index contributed by atoms with van der Waals surface area (Å²) in [6.45, 7) is 2.94.